The standard InChI is InChI=1S/C22H39F2N3/c1-4-5-18-12-21(13-18)14-19(15-21)27-7-6-20(22(23,24)16-27)26-10-8-25(9-11-26)17(2)3/h17-20H,4-16H2,1-3H3. The molecule has 0 aromatic rings. The molecule has 156 valence electrons. The van der Waals surface area contributed by atoms with Crippen LogP contribution in [0.5, 0.6) is 0 Å². The van der Waals surface area contributed by atoms with Crippen LogP contribution in [0.1, 0.15) is 65.7 Å². The summed E-state index contributed by atoms with van der Waals surface area (Å²) in [5, 5.41) is 0. The molecule has 0 amide bonds. The van der Waals surface area contributed by atoms with Gasteiger partial charge in [-0.1, -0.05) is 19.8 Å². The van der Waals surface area contributed by atoms with E-state index in [-0.39, 0.29) is 6.54 Å². The van der Waals surface area contributed by atoms with Crippen molar-refractivity contribution in [3.8, 4) is 0 Å². The minimum absolute atomic E-state index is 0.0127. The average molecular weight is 384 g/mol. The van der Waals surface area contributed by atoms with E-state index in [1.807, 2.05) is 0 Å². The van der Waals surface area contributed by atoms with Gasteiger partial charge in [0.1, 0.15) is 0 Å². The lowest BCUT2D eigenvalue weighted by atomic mass is 9.49. The summed E-state index contributed by atoms with van der Waals surface area (Å²) in [7, 11) is 0. The molecule has 1 atom stereocenters. The minimum atomic E-state index is -2.56. The molecule has 0 radical (unpaired) electrons. The fourth-order valence-electron chi connectivity index (χ4n) is 6.59. The van der Waals surface area contributed by atoms with Gasteiger partial charge in [-0.3, -0.25) is 14.7 Å². The highest BCUT2D eigenvalue weighted by Crippen LogP contribution is 2.61. The minimum Gasteiger partial charge on any atom is -0.298 e. The van der Waals surface area contributed by atoms with Crippen LogP contribution in [-0.4, -0.2) is 78.0 Å². The lowest BCUT2D eigenvalue weighted by Crippen LogP contribution is -2.65. The highest BCUT2D eigenvalue weighted by atomic mass is 19.3. The number of likely N-dealkylation sites (tertiary alicyclic amines) is 1. The molecule has 3 nitrogen and oxygen atoms in total. The Morgan fingerprint density at radius 2 is 1.59 bits per heavy atom. The monoisotopic (exact) mass is 383 g/mol. The molecule has 0 bridgehead atoms. The predicted molar refractivity (Wildman–Crippen MR) is 106 cm³/mol. The Morgan fingerprint density at radius 3 is 2.15 bits per heavy atom. The molecule has 4 rings (SSSR count). The summed E-state index contributed by atoms with van der Waals surface area (Å²) < 4.78 is 30.1. The fraction of sp³-hybridized carbons (Fsp3) is 1.00. The first-order valence-electron chi connectivity index (χ1n) is 11.4. The molecule has 2 saturated heterocycles. The third-order valence-electron chi connectivity index (χ3n) is 8.11. The first-order valence-corrected chi connectivity index (χ1v) is 11.4. The van der Waals surface area contributed by atoms with Crippen molar-refractivity contribution >= 4 is 0 Å². The molecule has 4 fully saturated rings. The van der Waals surface area contributed by atoms with Gasteiger partial charge in [0.05, 0.1) is 12.6 Å². The van der Waals surface area contributed by atoms with Gasteiger partial charge in [-0.15, -0.1) is 0 Å². The zero-order valence-electron chi connectivity index (χ0n) is 17.6. The van der Waals surface area contributed by atoms with Crippen molar-refractivity contribution in [1.29, 1.82) is 0 Å². The summed E-state index contributed by atoms with van der Waals surface area (Å²) in [5.41, 5.74) is 0.545. The van der Waals surface area contributed by atoms with Crippen LogP contribution in [0.4, 0.5) is 8.78 Å². The van der Waals surface area contributed by atoms with E-state index >= 15 is 8.78 Å². The number of halogens is 2. The molecule has 5 heteroatoms. The number of hydrogen-bond donors (Lipinski definition) is 0. The third kappa shape index (κ3) is 3.93. The molecule has 2 saturated carbocycles. The SMILES string of the molecule is CCCC1CC2(C1)CC(N1CCC(N3CCN(C(C)C)CC3)C(F)(F)C1)C2. The molecule has 2 heterocycles. The molecule has 2 aliphatic heterocycles. The van der Waals surface area contributed by atoms with Gasteiger partial charge in [-0.2, -0.15) is 0 Å². The van der Waals surface area contributed by atoms with Crippen LogP contribution in [0.25, 0.3) is 0 Å². The Kier molecular flexibility index (Phi) is 5.59. The van der Waals surface area contributed by atoms with E-state index < -0.39 is 12.0 Å². The first-order chi connectivity index (χ1) is 12.8. The van der Waals surface area contributed by atoms with Gasteiger partial charge in [0.25, 0.3) is 5.92 Å². The van der Waals surface area contributed by atoms with Crippen LogP contribution in [0.3, 0.4) is 0 Å². The Hall–Kier alpha value is -0.260. The summed E-state index contributed by atoms with van der Waals surface area (Å²) in [5.74, 6) is -1.64. The maximum absolute atomic E-state index is 15.0. The number of rotatable bonds is 5. The Balaban J connectivity index is 1.25. The summed E-state index contributed by atoms with van der Waals surface area (Å²) in [6, 6.07) is 0.399. The number of alkyl halides is 2. The van der Waals surface area contributed by atoms with E-state index in [4.69, 9.17) is 0 Å². The van der Waals surface area contributed by atoms with E-state index in [0.717, 1.165) is 38.6 Å². The first kappa shape index (κ1) is 20.0. The summed E-state index contributed by atoms with van der Waals surface area (Å²) in [6.45, 7) is 11.0. The van der Waals surface area contributed by atoms with Crippen molar-refractivity contribution < 1.29 is 8.78 Å². The Bertz CT molecular complexity index is 502. The number of piperidine rings is 1. The molecule has 2 aliphatic carbocycles. The van der Waals surface area contributed by atoms with Crippen LogP contribution in [0.2, 0.25) is 0 Å². The van der Waals surface area contributed by atoms with Crippen molar-refractivity contribution in [2.45, 2.75) is 89.8 Å². The van der Waals surface area contributed by atoms with E-state index in [1.54, 1.807) is 0 Å². The van der Waals surface area contributed by atoms with Gasteiger partial charge in [-0.25, -0.2) is 8.78 Å². The van der Waals surface area contributed by atoms with E-state index in [9.17, 15) is 0 Å². The van der Waals surface area contributed by atoms with E-state index in [2.05, 4.69) is 35.5 Å². The molecular weight excluding hydrogens is 344 g/mol. The largest absolute Gasteiger partial charge is 0.298 e. The van der Waals surface area contributed by atoms with Crippen molar-refractivity contribution in [1.82, 2.24) is 14.7 Å². The zero-order valence-corrected chi connectivity index (χ0v) is 17.6. The molecular formula is C22H39F2N3. The normalized spacial score (nSPS) is 40.9. The molecule has 1 spiro atoms. The molecule has 0 N–H and O–H groups in total. The quantitative estimate of drug-likeness (QED) is 0.708. The summed E-state index contributed by atoms with van der Waals surface area (Å²) in [6.07, 6.45) is 8.38. The van der Waals surface area contributed by atoms with Gasteiger partial charge in [0, 0.05) is 44.8 Å². The highest BCUT2D eigenvalue weighted by Gasteiger charge is 2.56. The van der Waals surface area contributed by atoms with Crippen molar-refractivity contribution in [2.75, 3.05) is 39.3 Å². The number of nitrogens with zero attached hydrogens (tertiary/aromatic N) is 3. The number of hydrogen-bond acceptors (Lipinski definition) is 3. The Labute approximate surface area is 164 Å². The van der Waals surface area contributed by atoms with Gasteiger partial charge in [-0.05, 0) is 57.3 Å². The van der Waals surface area contributed by atoms with Gasteiger partial charge >= 0.3 is 0 Å². The van der Waals surface area contributed by atoms with Crippen LogP contribution >= 0.6 is 0 Å². The van der Waals surface area contributed by atoms with Gasteiger partial charge in [0.2, 0.25) is 0 Å². The highest BCUT2D eigenvalue weighted by molar-refractivity contribution is 5.08. The van der Waals surface area contributed by atoms with Crippen LogP contribution < -0.4 is 0 Å². The van der Waals surface area contributed by atoms with Gasteiger partial charge < -0.3 is 0 Å². The van der Waals surface area contributed by atoms with E-state index in [0.29, 0.717) is 23.9 Å². The zero-order chi connectivity index (χ0) is 19.2. The second-order valence-corrected chi connectivity index (χ2v) is 10.3. The fourth-order valence-corrected chi connectivity index (χ4v) is 6.59. The number of piperazine rings is 1. The maximum Gasteiger partial charge on any atom is 0.275 e. The average Bonchev–Trinajstić information content (AvgIpc) is 2.55. The van der Waals surface area contributed by atoms with Crippen LogP contribution in [0.15, 0.2) is 0 Å². The predicted octanol–water partition coefficient (Wildman–Crippen LogP) is 4.08. The van der Waals surface area contributed by atoms with Crippen molar-refractivity contribution in [2.24, 2.45) is 11.3 Å². The molecule has 0 aromatic carbocycles. The molecule has 27 heavy (non-hydrogen) atoms. The lowest BCUT2D eigenvalue weighted by Gasteiger charge is -2.61. The molecule has 1 unspecified atom stereocenters. The van der Waals surface area contributed by atoms with Crippen molar-refractivity contribution in [3.63, 3.8) is 0 Å². The third-order valence-corrected chi connectivity index (χ3v) is 8.11. The smallest absolute Gasteiger partial charge is 0.275 e. The van der Waals surface area contributed by atoms with Crippen LogP contribution in [0, 0.1) is 11.3 Å². The maximum atomic E-state index is 15.0. The Morgan fingerprint density at radius 1 is 0.926 bits per heavy atom. The van der Waals surface area contributed by atoms with Crippen molar-refractivity contribution in [3.05, 3.63) is 0 Å². The molecule has 4 aliphatic rings. The summed E-state index contributed by atoms with van der Waals surface area (Å²) in [4.78, 5) is 6.63. The molecule has 0 aromatic heterocycles. The lowest BCUT2D eigenvalue weighted by molar-refractivity contribution is -0.167. The van der Waals surface area contributed by atoms with Crippen LogP contribution in [-0.2, 0) is 0 Å². The van der Waals surface area contributed by atoms with E-state index in [1.165, 1.54) is 38.5 Å². The van der Waals surface area contributed by atoms with Gasteiger partial charge in [0.15, 0.2) is 0 Å². The topological polar surface area (TPSA) is 9.72 Å². The second-order valence-electron chi connectivity index (χ2n) is 10.3. The second kappa shape index (κ2) is 7.53. The summed E-state index contributed by atoms with van der Waals surface area (Å²) >= 11 is 0.